The Hall–Kier alpha value is -0.0199. The van der Waals surface area contributed by atoms with Crippen molar-refractivity contribution in [3.8, 4) is 0 Å². The summed E-state index contributed by atoms with van der Waals surface area (Å²) in [6.07, 6.45) is 1.74. The molecule has 2 N–H and O–H groups in total. The molecule has 9 heavy (non-hydrogen) atoms. The summed E-state index contributed by atoms with van der Waals surface area (Å²) in [6.45, 7) is 0.529. The Bertz CT molecular complexity index is 152. The van der Waals surface area contributed by atoms with Crippen LogP contribution in [-0.4, -0.2) is 4.98 Å². The van der Waals surface area contributed by atoms with Crippen LogP contribution in [0.3, 0.4) is 0 Å². The molecular formula is C6H8HfN2. The second kappa shape index (κ2) is 4.82. The minimum absolute atomic E-state index is 0. The molecule has 46 valence electrons. The normalized spacial score (nSPS) is 8.11. The molecule has 0 bridgehead atoms. The first kappa shape index (κ1) is 8.98. The minimum atomic E-state index is 0. The fraction of sp³-hybridized carbons (Fsp3) is 0.167. The molecule has 1 aromatic rings. The van der Waals surface area contributed by atoms with Crippen molar-refractivity contribution in [3.63, 3.8) is 0 Å². The molecule has 0 saturated carbocycles. The van der Waals surface area contributed by atoms with Gasteiger partial charge in [0.15, 0.2) is 0 Å². The summed E-state index contributed by atoms with van der Waals surface area (Å²) in [5.41, 5.74) is 6.22. The predicted molar refractivity (Wildman–Crippen MR) is 32.1 cm³/mol. The SMILES string of the molecule is NCc1ccccn1.[Hf]. The van der Waals surface area contributed by atoms with Crippen LogP contribution in [0.2, 0.25) is 0 Å². The van der Waals surface area contributed by atoms with E-state index < -0.39 is 0 Å². The van der Waals surface area contributed by atoms with E-state index in [2.05, 4.69) is 4.98 Å². The number of nitrogens with zero attached hydrogens (tertiary/aromatic N) is 1. The van der Waals surface area contributed by atoms with Crippen LogP contribution in [0.4, 0.5) is 0 Å². The molecule has 0 aliphatic carbocycles. The van der Waals surface area contributed by atoms with Crippen molar-refractivity contribution in [2.45, 2.75) is 6.54 Å². The summed E-state index contributed by atoms with van der Waals surface area (Å²) in [5.74, 6) is 0. The van der Waals surface area contributed by atoms with Gasteiger partial charge >= 0.3 is 0 Å². The molecule has 1 rings (SSSR count). The minimum Gasteiger partial charge on any atom is -0.325 e. The molecule has 0 aliphatic heterocycles. The topological polar surface area (TPSA) is 38.9 Å². The maximum Gasteiger partial charge on any atom is 0.0539 e. The number of nitrogens with two attached hydrogens (primary N) is 1. The Balaban J connectivity index is 0.000000640. The Morgan fingerprint density at radius 1 is 1.44 bits per heavy atom. The van der Waals surface area contributed by atoms with Gasteiger partial charge in [-0.15, -0.1) is 0 Å². The van der Waals surface area contributed by atoms with E-state index in [-0.39, 0.29) is 25.8 Å². The van der Waals surface area contributed by atoms with E-state index in [1.54, 1.807) is 6.20 Å². The van der Waals surface area contributed by atoms with Gasteiger partial charge in [0.05, 0.1) is 5.69 Å². The van der Waals surface area contributed by atoms with Gasteiger partial charge in [-0.2, -0.15) is 0 Å². The Morgan fingerprint density at radius 2 is 2.22 bits per heavy atom. The van der Waals surface area contributed by atoms with Crippen molar-refractivity contribution < 1.29 is 25.8 Å². The van der Waals surface area contributed by atoms with Crippen molar-refractivity contribution in [1.29, 1.82) is 0 Å². The van der Waals surface area contributed by atoms with E-state index in [1.165, 1.54) is 0 Å². The molecule has 0 amide bonds. The third-order valence-corrected chi connectivity index (χ3v) is 0.935. The van der Waals surface area contributed by atoms with Gasteiger partial charge in [-0.3, -0.25) is 4.98 Å². The van der Waals surface area contributed by atoms with E-state index in [0.29, 0.717) is 6.54 Å². The summed E-state index contributed by atoms with van der Waals surface area (Å²) < 4.78 is 0. The zero-order valence-corrected chi connectivity index (χ0v) is 8.63. The smallest absolute Gasteiger partial charge is 0.0539 e. The zero-order valence-electron chi connectivity index (χ0n) is 5.04. The maximum absolute atomic E-state index is 5.29. The fourth-order valence-electron chi connectivity index (χ4n) is 0.519. The summed E-state index contributed by atoms with van der Waals surface area (Å²) in [4.78, 5) is 3.97. The van der Waals surface area contributed by atoms with Gasteiger partial charge in [-0.05, 0) is 12.1 Å². The average molecular weight is 287 g/mol. The van der Waals surface area contributed by atoms with Crippen LogP contribution in [0.25, 0.3) is 0 Å². The maximum atomic E-state index is 5.29. The van der Waals surface area contributed by atoms with Crippen LogP contribution in [0.5, 0.6) is 0 Å². The zero-order chi connectivity index (χ0) is 5.82. The van der Waals surface area contributed by atoms with Crippen LogP contribution >= 0.6 is 0 Å². The largest absolute Gasteiger partial charge is 0.325 e. The predicted octanol–water partition coefficient (Wildman–Crippen LogP) is 0.538. The van der Waals surface area contributed by atoms with E-state index in [4.69, 9.17) is 5.73 Å². The Labute approximate surface area is 73.3 Å². The summed E-state index contributed by atoms with van der Waals surface area (Å²) in [7, 11) is 0. The molecule has 0 atom stereocenters. The molecule has 3 heteroatoms. The molecule has 0 spiro atoms. The first-order valence-corrected chi connectivity index (χ1v) is 2.53. The second-order valence-corrected chi connectivity index (χ2v) is 1.53. The first-order chi connectivity index (χ1) is 3.93. The van der Waals surface area contributed by atoms with Crippen molar-refractivity contribution in [1.82, 2.24) is 4.98 Å². The van der Waals surface area contributed by atoms with Crippen LogP contribution < -0.4 is 5.73 Å². The number of pyridine rings is 1. The van der Waals surface area contributed by atoms with E-state index in [9.17, 15) is 0 Å². The summed E-state index contributed by atoms with van der Waals surface area (Å²) >= 11 is 0. The molecular weight excluding hydrogens is 279 g/mol. The third-order valence-electron chi connectivity index (χ3n) is 0.935. The number of aromatic nitrogens is 1. The van der Waals surface area contributed by atoms with Gasteiger partial charge in [0.1, 0.15) is 0 Å². The Morgan fingerprint density at radius 3 is 2.56 bits per heavy atom. The van der Waals surface area contributed by atoms with Gasteiger partial charge < -0.3 is 5.73 Å². The van der Waals surface area contributed by atoms with Gasteiger partial charge in [0.2, 0.25) is 0 Å². The third kappa shape index (κ3) is 2.87. The molecule has 1 heterocycles. The number of hydrogen-bond acceptors (Lipinski definition) is 2. The van der Waals surface area contributed by atoms with Crippen molar-refractivity contribution in [2.24, 2.45) is 5.73 Å². The molecule has 0 radical (unpaired) electrons. The van der Waals surface area contributed by atoms with E-state index in [1.807, 2.05) is 18.2 Å². The summed E-state index contributed by atoms with van der Waals surface area (Å²) in [6, 6.07) is 5.70. The van der Waals surface area contributed by atoms with Crippen LogP contribution in [-0.2, 0) is 32.4 Å². The summed E-state index contributed by atoms with van der Waals surface area (Å²) in [5, 5.41) is 0. The van der Waals surface area contributed by atoms with Gasteiger partial charge in [-0.1, -0.05) is 6.07 Å². The molecule has 1 aromatic heterocycles. The van der Waals surface area contributed by atoms with Crippen molar-refractivity contribution >= 4 is 0 Å². The molecule has 0 aromatic carbocycles. The standard InChI is InChI=1S/C6H8N2.Hf/c7-5-6-3-1-2-4-8-6;/h1-4H,5,7H2;. The second-order valence-electron chi connectivity index (χ2n) is 1.53. The fourth-order valence-corrected chi connectivity index (χ4v) is 0.519. The van der Waals surface area contributed by atoms with Crippen LogP contribution in [0, 0.1) is 0 Å². The van der Waals surface area contributed by atoms with E-state index >= 15 is 0 Å². The van der Waals surface area contributed by atoms with Crippen molar-refractivity contribution in [2.75, 3.05) is 0 Å². The van der Waals surface area contributed by atoms with Gasteiger partial charge in [-0.25, -0.2) is 0 Å². The molecule has 0 fully saturated rings. The van der Waals surface area contributed by atoms with Crippen LogP contribution in [0.15, 0.2) is 24.4 Å². The van der Waals surface area contributed by atoms with E-state index in [0.717, 1.165) is 5.69 Å². The average Bonchev–Trinajstić information content (AvgIpc) is 1.90. The molecule has 0 unspecified atom stereocenters. The molecule has 0 saturated heterocycles. The quantitative estimate of drug-likeness (QED) is 0.765. The number of hydrogen-bond donors (Lipinski definition) is 1. The van der Waals surface area contributed by atoms with Crippen molar-refractivity contribution in [3.05, 3.63) is 30.1 Å². The van der Waals surface area contributed by atoms with Gasteiger partial charge in [0.25, 0.3) is 0 Å². The van der Waals surface area contributed by atoms with Crippen LogP contribution in [0.1, 0.15) is 5.69 Å². The van der Waals surface area contributed by atoms with Gasteiger partial charge in [0, 0.05) is 38.6 Å². The number of rotatable bonds is 1. The molecule has 2 nitrogen and oxygen atoms in total. The Kier molecular flexibility index (Phi) is 4.81. The molecule has 0 aliphatic rings. The monoisotopic (exact) mass is 288 g/mol. The first-order valence-electron chi connectivity index (χ1n) is 2.53.